The van der Waals surface area contributed by atoms with E-state index in [2.05, 4.69) is 9.97 Å². The smallest absolute Gasteiger partial charge is 0.290 e. The van der Waals surface area contributed by atoms with E-state index in [1.54, 1.807) is 24.3 Å². The minimum atomic E-state index is -3.14. The molecule has 1 aromatic heterocycles. The molecule has 31 heavy (non-hydrogen) atoms. The van der Waals surface area contributed by atoms with Crippen LogP contribution < -0.4 is 10.6 Å². The molecule has 0 spiro atoms. The lowest BCUT2D eigenvalue weighted by atomic mass is 9.92. The number of nitrogens with two attached hydrogens (primary N) is 1. The van der Waals surface area contributed by atoms with Gasteiger partial charge in [-0.3, -0.25) is 0 Å². The van der Waals surface area contributed by atoms with Gasteiger partial charge in [0.2, 0.25) is 5.95 Å². The van der Waals surface area contributed by atoms with Gasteiger partial charge in [-0.05, 0) is 18.4 Å². The van der Waals surface area contributed by atoms with Gasteiger partial charge < -0.3 is 10.6 Å². The summed E-state index contributed by atoms with van der Waals surface area (Å²) in [4.78, 5) is 9.66. The molecule has 0 radical (unpaired) electrons. The number of anilines is 1. The molecule has 0 unspecified atom stereocenters. The normalized spacial score (nSPS) is 25.1. The van der Waals surface area contributed by atoms with E-state index in [4.69, 9.17) is 5.73 Å². The fraction of sp³-hybridized carbons (Fsp3) is 0.500. The molecule has 2 N–H and O–H groups in total. The first-order valence-electron chi connectivity index (χ1n) is 9.93. The van der Waals surface area contributed by atoms with Gasteiger partial charge in [0.05, 0.1) is 28.8 Å². The van der Waals surface area contributed by atoms with Gasteiger partial charge in [0, 0.05) is 24.1 Å². The Labute approximate surface area is 176 Å². The predicted molar refractivity (Wildman–Crippen MR) is 106 cm³/mol. The molecule has 2 aliphatic heterocycles. The number of rotatable bonds is 4. The summed E-state index contributed by atoms with van der Waals surface area (Å²) in [7, 11) is -3.14. The van der Waals surface area contributed by atoms with Gasteiger partial charge in [0.15, 0.2) is 9.84 Å². The minimum absolute atomic E-state index is 0.0804. The lowest BCUT2D eigenvalue weighted by molar-refractivity contribution is -0.00600. The Morgan fingerprint density at radius 1 is 1.13 bits per heavy atom. The van der Waals surface area contributed by atoms with Crippen LogP contribution in [-0.4, -0.2) is 48.9 Å². The first kappa shape index (κ1) is 20.6. The monoisotopic (exact) mass is 456 g/mol. The topological polar surface area (TPSA) is 89.2 Å². The van der Waals surface area contributed by atoms with Crippen molar-refractivity contribution in [3.05, 3.63) is 41.1 Å². The predicted octanol–water partition coefficient (Wildman–Crippen LogP) is 2.61. The van der Waals surface area contributed by atoms with Crippen LogP contribution in [0.1, 0.15) is 29.7 Å². The highest BCUT2D eigenvalue weighted by Gasteiger charge is 2.47. The zero-order chi connectivity index (χ0) is 22.2. The van der Waals surface area contributed by atoms with Crippen molar-refractivity contribution in [1.82, 2.24) is 9.97 Å². The lowest BCUT2D eigenvalue weighted by Gasteiger charge is -2.40. The van der Waals surface area contributed by atoms with Crippen molar-refractivity contribution < 1.29 is 26.0 Å². The third kappa shape index (κ3) is 3.29. The zero-order valence-electron chi connectivity index (χ0n) is 16.4. The Balaban J connectivity index is 1.55. The summed E-state index contributed by atoms with van der Waals surface area (Å²) in [6, 6.07) is 5.55. The van der Waals surface area contributed by atoms with E-state index in [0.29, 0.717) is 16.7 Å². The maximum atomic E-state index is 14.5. The molecule has 11 heteroatoms. The summed E-state index contributed by atoms with van der Waals surface area (Å²) >= 11 is 0. The number of sulfone groups is 1. The first-order chi connectivity index (χ1) is 14.5. The molecular formula is C20H20F4N4O2S. The van der Waals surface area contributed by atoms with E-state index in [9.17, 15) is 26.0 Å². The SMILES string of the molecule is NC1(c2ccc(-c3nc(N4CC[C@@H]4C(F)F)nc4c3CCC4(F)F)cc2)CS(=O)(=O)C1. The van der Waals surface area contributed by atoms with Gasteiger partial charge in [-0.25, -0.2) is 27.2 Å². The van der Waals surface area contributed by atoms with Crippen molar-refractivity contribution in [1.29, 1.82) is 0 Å². The van der Waals surface area contributed by atoms with Crippen molar-refractivity contribution in [2.75, 3.05) is 23.0 Å². The summed E-state index contributed by atoms with van der Waals surface area (Å²) in [5, 5.41) is 0. The third-order valence-electron chi connectivity index (χ3n) is 6.33. The molecule has 1 aliphatic carbocycles. The molecule has 6 nitrogen and oxygen atoms in total. The number of nitrogens with zero attached hydrogens (tertiary/aromatic N) is 3. The van der Waals surface area contributed by atoms with Gasteiger partial charge in [-0.2, -0.15) is 8.78 Å². The number of hydrogen-bond donors (Lipinski definition) is 1. The summed E-state index contributed by atoms with van der Waals surface area (Å²) in [5.74, 6) is -3.56. The molecule has 2 saturated heterocycles. The van der Waals surface area contributed by atoms with E-state index in [0.717, 1.165) is 0 Å². The second kappa shape index (κ2) is 6.61. The largest absolute Gasteiger partial charge is 0.332 e. The Morgan fingerprint density at radius 3 is 2.35 bits per heavy atom. The standard InChI is InChI=1S/C20H20F4N4O2S/c21-17(22)14-6-8-28(14)18-26-15(13-5-7-20(23,24)16(13)27-18)11-1-3-12(4-2-11)19(25)9-31(29,30)10-19/h1-4,14,17H,5-10,25H2/t14-/m1/s1. The molecule has 0 bridgehead atoms. The molecule has 1 aromatic carbocycles. The molecule has 166 valence electrons. The van der Waals surface area contributed by atoms with Gasteiger partial charge in [-0.15, -0.1) is 0 Å². The molecule has 3 aliphatic rings. The summed E-state index contributed by atoms with van der Waals surface area (Å²) in [6.07, 6.45) is -2.70. The summed E-state index contributed by atoms with van der Waals surface area (Å²) < 4.78 is 78.4. The fourth-order valence-electron chi connectivity index (χ4n) is 4.57. The van der Waals surface area contributed by atoms with E-state index in [1.807, 2.05) is 0 Å². The molecule has 3 heterocycles. The van der Waals surface area contributed by atoms with Crippen LogP contribution in [0.15, 0.2) is 24.3 Å². The van der Waals surface area contributed by atoms with Crippen molar-refractivity contribution in [3.8, 4) is 11.3 Å². The molecule has 1 atom stereocenters. The Bertz CT molecular complexity index is 1140. The summed E-state index contributed by atoms with van der Waals surface area (Å²) in [5.41, 5.74) is 6.55. The molecule has 2 fully saturated rings. The van der Waals surface area contributed by atoms with Crippen LogP contribution in [0.4, 0.5) is 23.5 Å². The third-order valence-corrected chi connectivity index (χ3v) is 8.24. The first-order valence-corrected chi connectivity index (χ1v) is 11.8. The molecule has 5 rings (SSSR count). The highest BCUT2D eigenvalue weighted by atomic mass is 32.2. The van der Waals surface area contributed by atoms with E-state index >= 15 is 0 Å². The average molecular weight is 456 g/mol. The zero-order valence-corrected chi connectivity index (χ0v) is 17.2. The number of aromatic nitrogens is 2. The number of alkyl halides is 4. The number of halogens is 4. The molecule has 0 saturated carbocycles. The highest BCUT2D eigenvalue weighted by Crippen LogP contribution is 2.45. The van der Waals surface area contributed by atoms with Crippen molar-refractivity contribution >= 4 is 15.8 Å². The number of benzene rings is 1. The van der Waals surface area contributed by atoms with E-state index in [-0.39, 0.29) is 42.5 Å². The van der Waals surface area contributed by atoms with E-state index < -0.39 is 45.9 Å². The van der Waals surface area contributed by atoms with Crippen LogP contribution in [0, 0.1) is 0 Å². The Morgan fingerprint density at radius 2 is 1.81 bits per heavy atom. The lowest BCUT2D eigenvalue weighted by Crippen LogP contribution is -2.58. The van der Waals surface area contributed by atoms with Gasteiger partial charge in [-0.1, -0.05) is 24.3 Å². The van der Waals surface area contributed by atoms with Gasteiger partial charge in [0.25, 0.3) is 12.3 Å². The molecule has 0 amide bonds. The van der Waals surface area contributed by atoms with Crippen LogP contribution in [0.25, 0.3) is 11.3 Å². The average Bonchev–Trinajstić information content (AvgIpc) is 2.93. The molecule has 2 aromatic rings. The van der Waals surface area contributed by atoms with Crippen molar-refractivity contribution in [2.24, 2.45) is 5.73 Å². The minimum Gasteiger partial charge on any atom is -0.332 e. The second-order valence-electron chi connectivity index (χ2n) is 8.55. The van der Waals surface area contributed by atoms with Crippen molar-refractivity contribution in [3.63, 3.8) is 0 Å². The summed E-state index contributed by atoms with van der Waals surface area (Å²) in [6.45, 7) is 0.280. The van der Waals surface area contributed by atoms with Crippen LogP contribution in [0.5, 0.6) is 0 Å². The Kier molecular flexibility index (Phi) is 4.40. The van der Waals surface area contributed by atoms with Gasteiger partial charge in [0.1, 0.15) is 5.69 Å². The van der Waals surface area contributed by atoms with Gasteiger partial charge >= 0.3 is 0 Å². The highest BCUT2D eigenvalue weighted by molar-refractivity contribution is 7.93. The maximum Gasteiger partial charge on any atom is 0.290 e. The fourth-order valence-corrected chi connectivity index (χ4v) is 6.38. The maximum absolute atomic E-state index is 14.5. The van der Waals surface area contributed by atoms with Crippen LogP contribution in [-0.2, 0) is 27.7 Å². The number of fused-ring (bicyclic) bond motifs is 1. The van der Waals surface area contributed by atoms with E-state index in [1.165, 1.54) is 4.90 Å². The van der Waals surface area contributed by atoms with Crippen LogP contribution >= 0.6 is 0 Å². The van der Waals surface area contributed by atoms with Crippen LogP contribution in [0.3, 0.4) is 0 Å². The quantitative estimate of drug-likeness (QED) is 0.712. The van der Waals surface area contributed by atoms with Crippen LogP contribution in [0.2, 0.25) is 0 Å². The number of hydrogen-bond acceptors (Lipinski definition) is 6. The second-order valence-corrected chi connectivity index (χ2v) is 10.6. The Hall–Kier alpha value is -2.27. The molecular weight excluding hydrogens is 436 g/mol. The van der Waals surface area contributed by atoms with Crippen molar-refractivity contribution in [2.45, 2.75) is 43.2 Å².